The molecule has 1 saturated heterocycles. The lowest BCUT2D eigenvalue weighted by Gasteiger charge is -2.31. The SMILES string of the molecule is CCN(CCNC(=O)[C@H]1CCCN(S(=O)(=O)c2cccs2)C1)c1ccccc1. The summed E-state index contributed by atoms with van der Waals surface area (Å²) in [5, 5.41) is 4.75. The van der Waals surface area contributed by atoms with Gasteiger partial charge in [-0.3, -0.25) is 4.79 Å². The molecule has 1 aliphatic heterocycles. The highest BCUT2D eigenvalue weighted by atomic mass is 32.2. The van der Waals surface area contributed by atoms with Gasteiger partial charge in [-0.2, -0.15) is 4.31 Å². The van der Waals surface area contributed by atoms with Gasteiger partial charge < -0.3 is 10.2 Å². The summed E-state index contributed by atoms with van der Waals surface area (Å²) in [5.41, 5.74) is 1.13. The van der Waals surface area contributed by atoms with E-state index in [2.05, 4.69) is 29.3 Å². The summed E-state index contributed by atoms with van der Waals surface area (Å²) in [7, 11) is -3.50. The number of rotatable bonds is 8. The molecule has 0 unspecified atom stereocenters. The predicted molar refractivity (Wildman–Crippen MR) is 113 cm³/mol. The molecule has 2 aromatic rings. The second kappa shape index (κ2) is 9.54. The van der Waals surface area contributed by atoms with Crippen molar-refractivity contribution in [1.29, 1.82) is 0 Å². The Labute approximate surface area is 171 Å². The summed E-state index contributed by atoms with van der Waals surface area (Å²) in [6.07, 6.45) is 1.42. The minimum Gasteiger partial charge on any atom is -0.370 e. The van der Waals surface area contributed by atoms with Gasteiger partial charge in [0.2, 0.25) is 5.91 Å². The van der Waals surface area contributed by atoms with Crippen LogP contribution in [-0.4, -0.2) is 51.4 Å². The normalized spacial score (nSPS) is 18.0. The van der Waals surface area contributed by atoms with Crippen LogP contribution in [0.2, 0.25) is 0 Å². The molecule has 1 aromatic heterocycles. The van der Waals surface area contributed by atoms with Gasteiger partial charge in [0.1, 0.15) is 4.21 Å². The first-order valence-corrected chi connectivity index (χ1v) is 12.0. The number of likely N-dealkylation sites (N-methyl/N-ethyl adjacent to an activating group) is 1. The number of nitrogens with one attached hydrogen (secondary N) is 1. The molecule has 8 heteroatoms. The molecule has 3 rings (SSSR count). The fourth-order valence-electron chi connectivity index (χ4n) is 3.48. The quantitative estimate of drug-likeness (QED) is 0.712. The van der Waals surface area contributed by atoms with Gasteiger partial charge in [-0.05, 0) is 43.3 Å². The van der Waals surface area contributed by atoms with Crippen molar-refractivity contribution in [1.82, 2.24) is 9.62 Å². The molecule has 1 aliphatic rings. The van der Waals surface area contributed by atoms with E-state index in [-0.39, 0.29) is 18.4 Å². The third kappa shape index (κ3) is 4.92. The van der Waals surface area contributed by atoms with E-state index in [1.54, 1.807) is 17.5 Å². The largest absolute Gasteiger partial charge is 0.370 e. The summed E-state index contributed by atoms with van der Waals surface area (Å²) in [4.78, 5) is 14.8. The zero-order valence-electron chi connectivity index (χ0n) is 16.1. The molecule has 0 bridgehead atoms. The molecule has 28 heavy (non-hydrogen) atoms. The minimum atomic E-state index is -3.50. The van der Waals surface area contributed by atoms with Crippen LogP contribution in [0.15, 0.2) is 52.1 Å². The van der Waals surface area contributed by atoms with E-state index in [9.17, 15) is 13.2 Å². The van der Waals surface area contributed by atoms with Crippen LogP contribution in [0, 0.1) is 5.92 Å². The Kier molecular flexibility index (Phi) is 7.09. The minimum absolute atomic E-state index is 0.0600. The molecule has 6 nitrogen and oxygen atoms in total. The van der Waals surface area contributed by atoms with E-state index in [0.29, 0.717) is 23.7 Å². The van der Waals surface area contributed by atoms with Crippen LogP contribution in [0.1, 0.15) is 19.8 Å². The van der Waals surface area contributed by atoms with Crippen molar-refractivity contribution in [2.75, 3.05) is 37.6 Å². The number of para-hydroxylation sites is 1. The van der Waals surface area contributed by atoms with Crippen molar-refractivity contribution >= 4 is 33.0 Å². The van der Waals surface area contributed by atoms with Gasteiger partial charge in [0.05, 0.1) is 5.92 Å². The van der Waals surface area contributed by atoms with Crippen molar-refractivity contribution in [2.24, 2.45) is 5.92 Å². The Hall–Kier alpha value is -1.90. The Morgan fingerprint density at radius 2 is 2.04 bits per heavy atom. The van der Waals surface area contributed by atoms with Gasteiger partial charge in [-0.25, -0.2) is 8.42 Å². The molecule has 0 aliphatic carbocycles. The number of nitrogens with zero attached hydrogens (tertiary/aromatic N) is 2. The van der Waals surface area contributed by atoms with E-state index < -0.39 is 10.0 Å². The number of benzene rings is 1. The van der Waals surface area contributed by atoms with Crippen molar-refractivity contribution in [3.8, 4) is 0 Å². The molecule has 0 radical (unpaired) electrons. The fraction of sp³-hybridized carbons (Fsp3) is 0.450. The van der Waals surface area contributed by atoms with Gasteiger partial charge in [-0.1, -0.05) is 24.3 Å². The highest BCUT2D eigenvalue weighted by Gasteiger charge is 2.33. The van der Waals surface area contributed by atoms with Crippen molar-refractivity contribution in [3.63, 3.8) is 0 Å². The highest BCUT2D eigenvalue weighted by molar-refractivity contribution is 7.91. The van der Waals surface area contributed by atoms with E-state index >= 15 is 0 Å². The number of carbonyl (C=O) groups is 1. The summed E-state index contributed by atoms with van der Waals surface area (Å²) in [6.45, 7) is 4.93. The predicted octanol–water partition coefficient (Wildman–Crippen LogP) is 2.79. The number of hydrogen-bond acceptors (Lipinski definition) is 5. The number of amides is 1. The number of anilines is 1. The van der Waals surface area contributed by atoms with Crippen LogP contribution in [-0.2, 0) is 14.8 Å². The van der Waals surface area contributed by atoms with E-state index in [1.807, 2.05) is 18.2 Å². The maximum Gasteiger partial charge on any atom is 0.252 e. The molecule has 152 valence electrons. The summed E-state index contributed by atoms with van der Waals surface area (Å²) < 4.78 is 27.2. The smallest absolute Gasteiger partial charge is 0.252 e. The first-order valence-electron chi connectivity index (χ1n) is 9.63. The summed E-state index contributed by atoms with van der Waals surface area (Å²) in [6, 6.07) is 13.4. The first kappa shape index (κ1) is 20.8. The summed E-state index contributed by atoms with van der Waals surface area (Å²) >= 11 is 1.21. The molecular weight excluding hydrogens is 394 g/mol. The molecule has 1 atom stereocenters. The van der Waals surface area contributed by atoms with Crippen LogP contribution in [0.4, 0.5) is 5.69 Å². The molecule has 1 N–H and O–H groups in total. The van der Waals surface area contributed by atoms with Crippen LogP contribution in [0.25, 0.3) is 0 Å². The second-order valence-corrected chi connectivity index (χ2v) is 9.95. The van der Waals surface area contributed by atoms with Crippen molar-refractivity contribution in [3.05, 3.63) is 47.8 Å². The monoisotopic (exact) mass is 421 g/mol. The van der Waals surface area contributed by atoms with Gasteiger partial charge in [0, 0.05) is 38.4 Å². The molecule has 1 aromatic carbocycles. The number of carbonyl (C=O) groups excluding carboxylic acids is 1. The molecule has 1 fully saturated rings. The Bertz CT molecular complexity index is 854. The van der Waals surface area contributed by atoms with Crippen LogP contribution in [0.3, 0.4) is 0 Å². The lowest BCUT2D eigenvalue weighted by Crippen LogP contribution is -2.46. The second-order valence-electron chi connectivity index (χ2n) is 6.84. The topological polar surface area (TPSA) is 69.7 Å². The standard InChI is InChI=1S/C20H27N3O3S2/c1-2-22(18-9-4-3-5-10-18)14-12-21-20(24)17-8-6-13-23(16-17)28(25,26)19-11-7-15-27-19/h3-5,7,9-11,15,17H,2,6,8,12-14,16H2,1H3,(H,21,24)/t17-/m0/s1. The van der Waals surface area contributed by atoms with Crippen molar-refractivity contribution in [2.45, 2.75) is 24.0 Å². The third-order valence-corrected chi connectivity index (χ3v) is 8.27. The molecular formula is C20H27N3O3S2. The van der Waals surface area contributed by atoms with Gasteiger partial charge in [0.25, 0.3) is 10.0 Å². The Morgan fingerprint density at radius 3 is 2.71 bits per heavy atom. The van der Waals surface area contributed by atoms with Crippen molar-refractivity contribution < 1.29 is 13.2 Å². The molecule has 0 spiro atoms. The average Bonchev–Trinajstić information content (AvgIpc) is 3.28. The lowest BCUT2D eigenvalue weighted by atomic mass is 9.99. The van der Waals surface area contributed by atoms with Gasteiger partial charge in [0.15, 0.2) is 0 Å². The zero-order chi connectivity index (χ0) is 20.0. The number of hydrogen-bond donors (Lipinski definition) is 1. The molecule has 1 amide bonds. The zero-order valence-corrected chi connectivity index (χ0v) is 17.7. The van der Waals surface area contributed by atoms with Gasteiger partial charge >= 0.3 is 0 Å². The molecule has 2 heterocycles. The third-order valence-electron chi connectivity index (χ3n) is 5.03. The number of thiophene rings is 1. The number of sulfonamides is 1. The maximum absolute atomic E-state index is 12.7. The summed E-state index contributed by atoms with van der Waals surface area (Å²) in [5.74, 6) is -0.356. The van der Waals surface area contributed by atoms with E-state index in [0.717, 1.165) is 25.2 Å². The molecule has 0 saturated carbocycles. The lowest BCUT2D eigenvalue weighted by molar-refractivity contribution is -0.126. The average molecular weight is 422 g/mol. The fourth-order valence-corrected chi connectivity index (χ4v) is 6.15. The maximum atomic E-state index is 12.7. The highest BCUT2D eigenvalue weighted by Crippen LogP contribution is 2.26. The van der Waals surface area contributed by atoms with Crippen LogP contribution in [0.5, 0.6) is 0 Å². The van der Waals surface area contributed by atoms with Crippen LogP contribution < -0.4 is 10.2 Å². The van der Waals surface area contributed by atoms with Gasteiger partial charge in [-0.15, -0.1) is 11.3 Å². The van der Waals surface area contributed by atoms with E-state index in [4.69, 9.17) is 0 Å². The Balaban J connectivity index is 1.53. The van der Waals surface area contributed by atoms with Crippen LogP contribution >= 0.6 is 11.3 Å². The first-order chi connectivity index (χ1) is 13.5. The number of piperidine rings is 1. The Morgan fingerprint density at radius 1 is 1.25 bits per heavy atom. The van der Waals surface area contributed by atoms with E-state index in [1.165, 1.54) is 15.6 Å².